The second-order valence-corrected chi connectivity index (χ2v) is 2.01. The lowest BCUT2D eigenvalue weighted by Crippen LogP contribution is -1.70. The number of hydrogen-bond acceptors (Lipinski definition) is 1. The fourth-order valence-electron chi connectivity index (χ4n) is 0.724. The number of nitrogens with one attached hydrogen (secondary N) is 1. The SMILES string of the molecule is C=C.C=C(/C=C\C)c1cn[nH]c1. The maximum Gasteiger partial charge on any atom is 0.0565 e. The molecular weight excluding hydrogens is 148 g/mol. The minimum atomic E-state index is 0.983. The summed E-state index contributed by atoms with van der Waals surface area (Å²) in [5.74, 6) is 0. The van der Waals surface area contributed by atoms with Crippen LogP contribution in [0.25, 0.3) is 5.57 Å². The van der Waals surface area contributed by atoms with Crippen molar-refractivity contribution in [3.63, 3.8) is 0 Å². The molecule has 1 N–H and O–H groups in total. The van der Waals surface area contributed by atoms with Crippen LogP contribution in [0.15, 0.2) is 44.3 Å². The Kier molecular flexibility index (Phi) is 5.35. The van der Waals surface area contributed by atoms with E-state index in [1.165, 1.54) is 0 Å². The average Bonchev–Trinajstić information content (AvgIpc) is 2.60. The van der Waals surface area contributed by atoms with E-state index in [0.717, 1.165) is 11.1 Å². The highest BCUT2D eigenvalue weighted by molar-refractivity contribution is 5.70. The first-order chi connectivity index (χ1) is 5.84. The molecule has 2 nitrogen and oxygen atoms in total. The Morgan fingerprint density at radius 3 is 2.67 bits per heavy atom. The van der Waals surface area contributed by atoms with E-state index >= 15 is 0 Å². The van der Waals surface area contributed by atoms with Gasteiger partial charge in [0.1, 0.15) is 0 Å². The first-order valence-corrected chi connectivity index (χ1v) is 3.65. The van der Waals surface area contributed by atoms with Crippen molar-refractivity contribution in [3.05, 3.63) is 49.8 Å². The third-order valence-electron chi connectivity index (χ3n) is 1.24. The molecule has 1 heterocycles. The van der Waals surface area contributed by atoms with Crippen LogP contribution in [0.4, 0.5) is 0 Å². The van der Waals surface area contributed by atoms with E-state index in [4.69, 9.17) is 0 Å². The molecule has 0 saturated carbocycles. The van der Waals surface area contributed by atoms with Crippen LogP contribution in [0.3, 0.4) is 0 Å². The summed E-state index contributed by atoms with van der Waals surface area (Å²) in [6.07, 6.45) is 7.48. The van der Waals surface area contributed by atoms with Crippen LogP contribution in [0, 0.1) is 0 Å². The molecule has 0 spiro atoms. The third-order valence-corrected chi connectivity index (χ3v) is 1.24. The Morgan fingerprint density at radius 2 is 2.25 bits per heavy atom. The lowest BCUT2D eigenvalue weighted by Gasteiger charge is -1.89. The molecule has 0 bridgehead atoms. The normalized spacial score (nSPS) is 9.08. The largest absolute Gasteiger partial charge is 0.285 e. The number of H-pyrrole nitrogens is 1. The van der Waals surface area contributed by atoms with Crippen molar-refractivity contribution in [2.45, 2.75) is 6.92 Å². The molecule has 0 aromatic carbocycles. The number of aromatic amines is 1. The summed E-state index contributed by atoms with van der Waals surface area (Å²) >= 11 is 0. The van der Waals surface area contributed by atoms with Crippen LogP contribution >= 0.6 is 0 Å². The summed E-state index contributed by atoms with van der Waals surface area (Å²) in [7, 11) is 0. The van der Waals surface area contributed by atoms with Gasteiger partial charge in [-0.15, -0.1) is 13.2 Å². The summed E-state index contributed by atoms with van der Waals surface area (Å²) in [6.45, 7) is 11.8. The van der Waals surface area contributed by atoms with Gasteiger partial charge in [-0.05, 0) is 12.5 Å². The standard InChI is InChI=1S/C8H10N2.C2H4/c1-3-4-7(2)8-5-9-10-6-8;1-2/h3-6H,2H2,1H3,(H,9,10);1-2H2/b4-3-;. The van der Waals surface area contributed by atoms with Gasteiger partial charge in [0.15, 0.2) is 0 Å². The predicted octanol–water partition coefficient (Wildman–Crippen LogP) is 2.80. The van der Waals surface area contributed by atoms with Gasteiger partial charge in [0, 0.05) is 11.8 Å². The van der Waals surface area contributed by atoms with Gasteiger partial charge in [-0.3, -0.25) is 5.10 Å². The maximum atomic E-state index is 3.84. The van der Waals surface area contributed by atoms with Crippen molar-refractivity contribution in [2.75, 3.05) is 0 Å². The average molecular weight is 162 g/mol. The molecule has 1 rings (SSSR count). The van der Waals surface area contributed by atoms with Gasteiger partial charge < -0.3 is 0 Å². The van der Waals surface area contributed by atoms with Crippen molar-refractivity contribution in [3.8, 4) is 0 Å². The van der Waals surface area contributed by atoms with Crippen LogP contribution in [-0.4, -0.2) is 10.2 Å². The third kappa shape index (κ3) is 3.01. The zero-order valence-electron chi connectivity index (χ0n) is 7.38. The number of nitrogens with zero attached hydrogens (tertiary/aromatic N) is 1. The molecule has 64 valence electrons. The number of allylic oxidation sites excluding steroid dienone is 3. The summed E-state index contributed by atoms with van der Waals surface area (Å²) in [6, 6.07) is 0. The molecule has 0 unspecified atom stereocenters. The molecule has 2 heteroatoms. The van der Waals surface area contributed by atoms with Gasteiger partial charge in [-0.25, -0.2) is 0 Å². The number of aromatic nitrogens is 2. The highest BCUT2D eigenvalue weighted by Crippen LogP contribution is 2.09. The van der Waals surface area contributed by atoms with Gasteiger partial charge in [-0.2, -0.15) is 5.10 Å². The zero-order valence-corrected chi connectivity index (χ0v) is 7.38. The molecule has 0 aliphatic rings. The predicted molar refractivity (Wildman–Crippen MR) is 53.7 cm³/mol. The Morgan fingerprint density at radius 1 is 1.58 bits per heavy atom. The fourth-order valence-corrected chi connectivity index (χ4v) is 0.724. The minimum absolute atomic E-state index is 0.983. The molecule has 1 aromatic rings. The van der Waals surface area contributed by atoms with Crippen LogP contribution in [0.5, 0.6) is 0 Å². The molecule has 0 radical (unpaired) electrons. The minimum Gasteiger partial charge on any atom is -0.285 e. The molecule has 0 saturated heterocycles. The molecule has 0 amide bonds. The highest BCUT2D eigenvalue weighted by atomic mass is 15.1. The van der Waals surface area contributed by atoms with Crippen molar-refractivity contribution in [2.24, 2.45) is 0 Å². The monoisotopic (exact) mass is 162 g/mol. The van der Waals surface area contributed by atoms with Gasteiger partial charge in [0.2, 0.25) is 0 Å². The van der Waals surface area contributed by atoms with Gasteiger partial charge in [-0.1, -0.05) is 18.7 Å². The summed E-state index contributed by atoms with van der Waals surface area (Å²) in [5, 5.41) is 6.53. The first-order valence-electron chi connectivity index (χ1n) is 3.65. The van der Waals surface area contributed by atoms with Crippen molar-refractivity contribution < 1.29 is 0 Å². The van der Waals surface area contributed by atoms with E-state index in [2.05, 4.69) is 29.9 Å². The van der Waals surface area contributed by atoms with E-state index in [9.17, 15) is 0 Å². The second-order valence-electron chi connectivity index (χ2n) is 2.01. The lowest BCUT2D eigenvalue weighted by molar-refractivity contribution is 1.09. The summed E-state index contributed by atoms with van der Waals surface area (Å²) in [4.78, 5) is 0. The van der Waals surface area contributed by atoms with Gasteiger partial charge in [0.05, 0.1) is 6.20 Å². The van der Waals surface area contributed by atoms with E-state index in [1.54, 1.807) is 6.20 Å². The van der Waals surface area contributed by atoms with Crippen molar-refractivity contribution >= 4 is 5.57 Å². The highest BCUT2D eigenvalue weighted by Gasteiger charge is 1.92. The van der Waals surface area contributed by atoms with Crippen LogP contribution in [0.2, 0.25) is 0 Å². The Bertz CT molecular complexity index is 245. The Balaban J connectivity index is 0.000000561. The van der Waals surface area contributed by atoms with Gasteiger partial charge in [0.25, 0.3) is 0 Å². The molecule has 12 heavy (non-hydrogen) atoms. The van der Waals surface area contributed by atoms with Crippen molar-refractivity contribution in [1.82, 2.24) is 10.2 Å². The fraction of sp³-hybridized carbons (Fsp3) is 0.100. The Labute approximate surface area is 73.3 Å². The van der Waals surface area contributed by atoms with Crippen molar-refractivity contribution in [1.29, 1.82) is 0 Å². The summed E-state index contributed by atoms with van der Waals surface area (Å²) < 4.78 is 0. The zero-order chi connectivity index (χ0) is 9.40. The topological polar surface area (TPSA) is 28.7 Å². The molecule has 0 atom stereocenters. The Hall–Kier alpha value is -1.57. The van der Waals surface area contributed by atoms with Crippen LogP contribution in [-0.2, 0) is 0 Å². The molecule has 0 aliphatic heterocycles. The number of hydrogen-bond donors (Lipinski definition) is 1. The van der Waals surface area contributed by atoms with Crippen LogP contribution < -0.4 is 0 Å². The smallest absolute Gasteiger partial charge is 0.0565 e. The summed E-state index contributed by atoms with van der Waals surface area (Å²) in [5.41, 5.74) is 2.02. The van der Waals surface area contributed by atoms with E-state index < -0.39 is 0 Å². The molecular formula is C10H14N2. The molecule has 0 fully saturated rings. The lowest BCUT2D eigenvalue weighted by atomic mass is 10.1. The number of rotatable bonds is 2. The van der Waals surface area contributed by atoms with E-state index in [0.29, 0.717) is 0 Å². The first kappa shape index (κ1) is 10.4. The molecule has 1 aromatic heterocycles. The molecule has 0 aliphatic carbocycles. The maximum absolute atomic E-state index is 3.84. The quantitative estimate of drug-likeness (QED) is 0.525. The van der Waals surface area contributed by atoms with E-state index in [-0.39, 0.29) is 0 Å². The van der Waals surface area contributed by atoms with E-state index in [1.807, 2.05) is 25.3 Å². The van der Waals surface area contributed by atoms with Gasteiger partial charge >= 0.3 is 0 Å². The van der Waals surface area contributed by atoms with Crippen LogP contribution in [0.1, 0.15) is 12.5 Å². The second kappa shape index (κ2) is 6.16.